The van der Waals surface area contributed by atoms with E-state index in [-0.39, 0.29) is 45.8 Å². The first kappa shape index (κ1) is 22.8. The normalized spacial score (nSPS) is 28.4. The number of nitrogens with zero attached hydrogens (tertiary/aromatic N) is 1. The van der Waals surface area contributed by atoms with E-state index in [1.165, 1.54) is 18.1 Å². The SMILES string of the molecule is CCCN1C(=O)[C@H]2[C@H](CC=C3[C@H](c4cccc(OC)c4O)C4=C(C[C@H]32)C(=O)C(Br)=CC4=O)C1=O. The Bertz CT molecular complexity index is 1240. The second-order valence-electron chi connectivity index (χ2n) is 9.12. The number of carbonyl (C=O) groups excluding carboxylic acids is 4. The van der Waals surface area contributed by atoms with Gasteiger partial charge in [-0.1, -0.05) is 30.7 Å². The molecule has 1 heterocycles. The predicted octanol–water partition coefficient (Wildman–Crippen LogP) is 3.57. The predicted molar refractivity (Wildman–Crippen MR) is 126 cm³/mol. The quantitative estimate of drug-likeness (QED) is 0.366. The first-order valence-corrected chi connectivity index (χ1v) is 12.2. The Kier molecular flexibility index (Phi) is 5.59. The highest BCUT2D eigenvalue weighted by atomic mass is 79.9. The maximum Gasteiger partial charge on any atom is 0.233 e. The van der Waals surface area contributed by atoms with Gasteiger partial charge in [0, 0.05) is 35.2 Å². The Hall–Kier alpha value is -3.00. The summed E-state index contributed by atoms with van der Waals surface area (Å²) < 4.78 is 5.47. The van der Waals surface area contributed by atoms with Crippen LogP contribution in [0.3, 0.4) is 0 Å². The summed E-state index contributed by atoms with van der Waals surface area (Å²) in [6.07, 6.45) is 4.46. The lowest BCUT2D eigenvalue weighted by molar-refractivity contribution is -0.140. The number of benzene rings is 1. The highest BCUT2D eigenvalue weighted by Crippen LogP contribution is 2.56. The zero-order valence-electron chi connectivity index (χ0n) is 18.8. The average Bonchev–Trinajstić information content (AvgIpc) is 3.07. The maximum absolute atomic E-state index is 13.4. The number of hydrogen-bond donors (Lipinski definition) is 1. The third-order valence-electron chi connectivity index (χ3n) is 7.43. The highest BCUT2D eigenvalue weighted by Gasteiger charge is 2.56. The van der Waals surface area contributed by atoms with Crippen molar-refractivity contribution < 1.29 is 29.0 Å². The summed E-state index contributed by atoms with van der Waals surface area (Å²) in [4.78, 5) is 54.1. The van der Waals surface area contributed by atoms with E-state index in [4.69, 9.17) is 4.74 Å². The molecular weight excluding hydrogens is 502 g/mol. The third kappa shape index (κ3) is 3.15. The van der Waals surface area contributed by atoms with Crippen LogP contribution >= 0.6 is 15.9 Å². The molecule has 4 aliphatic rings. The van der Waals surface area contributed by atoms with E-state index < -0.39 is 23.7 Å². The van der Waals surface area contributed by atoms with Crippen LogP contribution in [0.15, 0.2) is 51.6 Å². The Morgan fingerprint density at radius 2 is 1.91 bits per heavy atom. The number of fused-ring (bicyclic) bond motifs is 3. The van der Waals surface area contributed by atoms with Gasteiger partial charge in [-0.3, -0.25) is 24.1 Å². The fraction of sp³-hybridized carbons (Fsp3) is 0.385. The van der Waals surface area contributed by atoms with Crippen LogP contribution in [0.4, 0.5) is 0 Å². The molecule has 7 nitrogen and oxygen atoms in total. The number of ketones is 2. The second kappa shape index (κ2) is 8.34. The minimum absolute atomic E-state index is 0.110. The molecule has 34 heavy (non-hydrogen) atoms. The summed E-state index contributed by atoms with van der Waals surface area (Å²) >= 11 is 3.21. The number of carbonyl (C=O) groups is 4. The molecule has 0 bridgehead atoms. The van der Waals surface area contributed by atoms with Crippen molar-refractivity contribution in [1.29, 1.82) is 0 Å². The summed E-state index contributed by atoms with van der Waals surface area (Å²) in [5.41, 5.74) is 1.90. The van der Waals surface area contributed by atoms with Gasteiger partial charge < -0.3 is 9.84 Å². The van der Waals surface area contributed by atoms with Crippen LogP contribution in [0.5, 0.6) is 11.5 Å². The molecule has 1 saturated heterocycles. The Balaban J connectivity index is 1.70. The number of amides is 2. The molecule has 0 unspecified atom stereocenters. The van der Waals surface area contributed by atoms with Gasteiger partial charge in [0.25, 0.3) is 0 Å². The van der Waals surface area contributed by atoms with E-state index in [9.17, 15) is 24.3 Å². The number of ether oxygens (including phenoxy) is 1. The zero-order chi connectivity index (χ0) is 24.3. The Morgan fingerprint density at radius 3 is 2.62 bits per heavy atom. The number of hydrogen-bond acceptors (Lipinski definition) is 6. The van der Waals surface area contributed by atoms with Crippen molar-refractivity contribution in [3.05, 3.63) is 57.1 Å². The largest absolute Gasteiger partial charge is 0.504 e. The topological polar surface area (TPSA) is 101 Å². The van der Waals surface area contributed by atoms with Crippen LogP contribution in [0, 0.1) is 17.8 Å². The van der Waals surface area contributed by atoms with Crippen LogP contribution in [-0.2, 0) is 19.2 Å². The molecule has 1 aliphatic heterocycles. The lowest BCUT2D eigenvalue weighted by Gasteiger charge is -2.42. The number of rotatable bonds is 4. The third-order valence-corrected chi connectivity index (χ3v) is 8.02. The van der Waals surface area contributed by atoms with Crippen molar-refractivity contribution in [3.63, 3.8) is 0 Å². The second-order valence-corrected chi connectivity index (χ2v) is 9.97. The van der Waals surface area contributed by atoms with Crippen LogP contribution in [0.25, 0.3) is 0 Å². The van der Waals surface area contributed by atoms with Gasteiger partial charge >= 0.3 is 0 Å². The van der Waals surface area contributed by atoms with Gasteiger partial charge in [-0.05, 0) is 47.2 Å². The molecule has 176 valence electrons. The number of phenols is 1. The first-order chi connectivity index (χ1) is 16.3. The summed E-state index contributed by atoms with van der Waals surface area (Å²) in [5, 5.41) is 11.0. The number of Topliss-reactive ketones (excluding diaryl/α,β-unsaturated/α-hetero) is 1. The molecule has 1 N–H and O–H groups in total. The van der Waals surface area contributed by atoms with Gasteiger partial charge in [0.15, 0.2) is 23.1 Å². The molecule has 0 aromatic heterocycles. The van der Waals surface area contributed by atoms with Crippen LogP contribution in [-0.4, -0.2) is 47.0 Å². The molecule has 5 rings (SSSR count). The fourth-order valence-corrected chi connectivity index (χ4v) is 6.46. The van der Waals surface area contributed by atoms with Crippen molar-refractivity contribution in [2.24, 2.45) is 17.8 Å². The fourth-order valence-electron chi connectivity index (χ4n) is 6.01. The molecule has 0 radical (unpaired) electrons. The van der Waals surface area contributed by atoms with Crippen molar-refractivity contribution in [3.8, 4) is 11.5 Å². The maximum atomic E-state index is 13.4. The minimum atomic E-state index is -0.707. The average molecular weight is 526 g/mol. The van der Waals surface area contributed by atoms with Gasteiger partial charge in [0.2, 0.25) is 11.8 Å². The number of likely N-dealkylation sites (tertiary alicyclic amines) is 1. The lowest BCUT2D eigenvalue weighted by atomic mass is 9.59. The molecule has 2 amide bonds. The van der Waals surface area contributed by atoms with Crippen molar-refractivity contribution in [2.75, 3.05) is 13.7 Å². The van der Waals surface area contributed by atoms with Crippen LogP contribution in [0.2, 0.25) is 0 Å². The van der Waals surface area contributed by atoms with Gasteiger partial charge in [0.05, 0.1) is 23.4 Å². The van der Waals surface area contributed by atoms with Crippen LogP contribution in [0.1, 0.15) is 37.7 Å². The van der Waals surface area contributed by atoms with Gasteiger partial charge in [0.1, 0.15) is 0 Å². The number of halogens is 1. The molecule has 1 aromatic rings. The van der Waals surface area contributed by atoms with E-state index in [1.807, 2.05) is 13.0 Å². The molecule has 3 aliphatic carbocycles. The number of methoxy groups -OCH3 is 1. The van der Waals surface area contributed by atoms with Gasteiger partial charge in [-0.2, -0.15) is 0 Å². The van der Waals surface area contributed by atoms with E-state index >= 15 is 0 Å². The summed E-state index contributed by atoms with van der Waals surface area (Å²) in [5.74, 6) is -3.03. The van der Waals surface area contributed by atoms with E-state index in [0.29, 0.717) is 36.1 Å². The molecular formula is C26H24BrNO6. The number of allylic oxidation sites excluding steroid dienone is 6. The number of imide groups is 1. The van der Waals surface area contributed by atoms with Crippen molar-refractivity contribution >= 4 is 39.3 Å². The molecule has 0 spiro atoms. The summed E-state index contributed by atoms with van der Waals surface area (Å²) in [6.45, 7) is 2.29. The smallest absolute Gasteiger partial charge is 0.233 e. The Labute approximate surface area is 205 Å². The zero-order valence-corrected chi connectivity index (χ0v) is 20.4. The van der Waals surface area contributed by atoms with Crippen LogP contribution < -0.4 is 4.74 Å². The lowest BCUT2D eigenvalue weighted by Crippen LogP contribution is -2.39. The highest BCUT2D eigenvalue weighted by molar-refractivity contribution is 9.12. The molecule has 1 fully saturated rings. The molecule has 1 aromatic carbocycles. The van der Waals surface area contributed by atoms with Gasteiger partial charge in [-0.15, -0.1) is 0 Å². The summed E-state index contributed by atoms with van der Waals surface area (Å²) in [6, 6.07) is 5.04. The monoisotopic (exact) mass is 525 g/mol. The molecule has 0 saturated carbocycles. The Morgan fingerprint density at radius 1 is 1.15 bits per heavy atom. The standard InChI is InChI=1S/C26H24BrNO6/c1-3-9-28-25(32)14-8-7-12-15(21(14)26(28)33)10-16-22(18(29)11-17(27)23(16)30)20(12)13-5-4-6-19(34-2)24(13)31/h4-7,11,14-15,20-21,31H,3,8-10H2,1-2H3/t14-,15+,20+,21-/m0/s1. The molecule has 8 heteroatoms. The van der Waals surface area contributed by atoms with E-state index in [2.05, 4.69) is 15.9 Å². The van der Waals surface area contributed by atoms with Gasteiger partial charge in [-0.25, -0.2) is 0 Å². The van der Waals surface area contributed by atoms with E-state index in [0.717, 1.165) is 5.57 Å². The van der Waals surface area contributed by atoms with Crippen molar-refractivity contribution in [1.82, 2.24) is 4.90 Å². The molecule has 4 atom stereocenters. The van der Waals surface area contributed by atoms with E-state index in [1.54, 1.807) is 18.2 Å². The number of para-hydroxylation sites is 1. The number of phenolic OH excluding ortho intramolecular Hbond substituents is 1. The van der Waals surface area contributed by atoms with Crippen molar-refractivity contribution in [2.45, 2.75) is 32.1 Å². The number of aromatic hydroxyl groups is 1. The first-order valence-electron chi connectivity index (χ1n) is 11.4. The minimum Gasteiger partial charge on any atom is -0.504 e. The summed E-state index contributed by atoms with van der Waals surface area (Å²) in [7, 11) is 1.44.